The van der Waals surface area contributed by atoms with Crippen LogP contribution in [0.15, 0.2) is 0 Å². The fraction of sp³-hybridized carbons (Fsp3) is 0.917. The number of hydrogen-bond acceptors (Lipinski definition) is 1. The van der Waals surface area contributed by atoms with E-state index < -0.39 is 0 Å². The van der Waals surface area contributed by atoms with Crippen LogP contribution in [0.2, 0.25) is 0 Å². The molecule has 72 valence electrons. The first-order chi connectivity index (χ1) is 6.13. The van der Waals surface area contributed by atoms with Gasteiger partial charge in [-0.3, -0.25) is 4.79 Å². The van der Waals surface area contributed by atoms with Crippen LogP contribution in [0.5, 0.6) is 0 Å². The number of carbonyl (C=O) groups excluding carboxylic acids is 1. The molecule has 3 fully saturated rings. The van der Waals surface area contributed by atoms with Gasteiger partial charge in [0.15, 0.2) is 0 Å². The summed E-state index contributed by atoms with van der Waals surface area (Å²) in [6.45, 7) is 4.71. The van der Waals surface area contributed by atoms with E-state index in [0.29, 0.717) is 17.1 Å². The monoisotopic (exact) mass is 178 g/mol. The van der Waals surface area contributed by atoms with Gasteiger partial charge < -0.3 is 0 Å². The molecule has 0 spiro atoms. The summed E-state index contributed by atoms with van der Waals surface area (Å²) < 4.78 is 0. The lowest BCUT2D eigenvalue weighted by atomic mass is 9.57. The number of rotatable bonds is 0. The highest BCUT2D eigenvalue weighted by Gasteiger charge is 2.64. The largest absolute Gasteiger partial charge is 0.299 e. The number of carbonyl (C=O) groups is 1. The molecule has 5 unspecified atom stereocenters. The molecule has 0 radical (unpaired) electrons. The summed E-state index contributed by atoms with van der Waals surface area (Å²) in [5.74, 6) is 3.49. The number of hydrogen-bond donors (Lipinski definition) is 0. The molecule has 2 bridgehead atoms. The number of fused-ring (bicyclic) bond motifs is 5. The van der Waals surface area contributed by atoms with Gasteiger partial charge in [0.1, 0.15) is 5.78 Å². The topological polar surface area (TPSA) is 17.1 Å². The maximum absolute atomic E-state index is 11.6. The van der Waals surface area contributed by atoms with Gasteiger partial charge in [0.05, 0.1) is 0 Å². The molecule has 0 N–H and O–H groups in total. The predicted octanol–water partition coefficient (Wildman–Crippen LogP) is 2.65. The second kappa shape index (κ2) is 2.18. The van der Waals surface area contributed by atoms with Gasteiger partial charge in [-0.25, -0.2) is 0 Å². The first-order valence-electron chi connectivity index (χ1n) is 5.65. The van der Waals surface area contributed by atoms with Crippen molar-refractivity contribution in [3.8, 4) is 0 Å². The first-order valence-corrected chi connectivity index (χ1v) is 5.65. The second-order valence-corrected chi connectivity index (χ2v) is 5.78. The van der Waals surface area contributed by atoms with Crippen molar-refractivity contribution >= 4 is 5.78 Å². The summed E-state index contributed by atoms with van der Waals surface area (Å²) in [5.41, 5.74) is 0.437. The van der Waals surface area contributed by atoms with Crippen molar-refractivity contribution in [2.45, 2.75) is 39.5 Å². The van der Waals surface area contributed by atoms with Gasteiger partial charge in [0, 0.05) is 12.3 Å². The molecule has 0 aromatic rings. The standard InChI is InChI=1S/C12H18O/c1-7-3-4-8-5-9(7)11-10(13)6-12(8,11)2/h7-9,11H,3-6H2,1-2H3. The van der Waals surface area contributed by atoms with E-state index >= 15 is 0 Å². The summed E-state index contributed by atoms with van der Waals surface area (Å²) >= 11 is 0. The highest BCUT2D eigenvalue weighted by atomic mass is 16.1. The van der Waals surface area contributed by atoms with Gasteiger partial charge in [-0.15, -0.1) is 0 Å². The third-order valence-electron chi connectivity index (χ3n) is 5.23. The lowest BCUT2D eigenvalue weighted by molar-refractivity contribution is -0.143. The van der Waals surface area contributed by atoms with E-state index in [1.54, 1.807) is 0 Å². The molecule has 5 atom stereocenters. The van der Waals surface area contributed by atoms with Crippen LogP contribution in [-0.2, 0) is 4.79 Å². The Morgan fingerprint density at radius 3 is 2.85 bits per heavy atom. The maximum atomic E-state index is 11.6. The van der Waals surface area contributed by atoms with Crippen molar-refractivity contribution in [3.63, 3.8) is 0 Å². The zero-order chi connectivity index (χ0) is 9.22. The van der Waals surface area contributed by atoms with Crippen LogP contribution in [0.1, 0.15) is 39.5 Å². The Labute approximate surface area is 79.9 Å². The lowest BCUT2D eigenvalue weighted by Gasteiger charge is -2.44. The normalized spacial score (nSPS) is 58.8. The van der Waals surface area contributed by atoms with Gasteiger partial charge in [-0.05, 0) is 36.0 Å². The molecule has 0 saturated heterocycles. The smallest absolute Gasteiger partial charge is 0.137 e. The van der Waals surface area contributed by atoms with Crippen LogP contribution in [0.25, 0.3) is 0 Å². The summed E-state index contributed by atoms with van der Waals surface area (Å²) in [4.78, 5) is 11.6. The molecule has 0 amide bonds. The Hall–Kier alpha value is -0.330. The minimum absolute atomic E-state index is 0.437. The minimum atomic E-state index is 0.437. The number of Topliss-reactive ketones (excluding diaryl/α,β-unsaturated/α-hetero) is 1. The molecule has 13 heavy (non-hydrogen) atoms. The quantitative estimate of drug-likeness (QED) is 0.557. The molecule has 3 saturated carbocycles. The molecule has 3 aliphatic rings. The van der Waals surface area contributed by atoms with Gasteiger partial charge in [0.2, 0.25) is 0 Å². The SMILES string of the molecule is CC1CCC2CC1C1C(=O)CC21C. The van der Waals surface area contributed by atoms with Crippen LogP contribution >= 0.6 is 0 Å². The second-order valence-electron chi connectivity index (χ2n) is 5.78. The van der Waals surface area contributed by atoms with Crippen molar-refractivity contribution in [1.29, 1.82) is 0 Å². The molecule has 0 aromatic carbocycles. The zero-order valence-electron chi connectivity index (χ0n) is 8.55. The van der Waals surface area contributed by atoms with E-state index in [1.165, 1.54) is 19.3 Å². The highest BCUT2D eigenvalue weighted by molar-refractivity contribution is 5.90. The molecule has 0 aliphatic heterocycles. The van der Waals surface area contributed by atoms with Crippen molar-refractivity contribution in [1.82, 2.24) is 0 Å². The van der Waals surface area contributed by atoms with Crippen LogP contribution in [0.3, 0.4) is 0 Å². The van der Waals surface area contributed by atoms with E-state index in [-0.39, 0.29) is 0 Å². The first kappa shape index (κ1) is 8.02. The predicted molar refractivity (Wildman–Crippen MR) is 51.2 cm³/mol. The van der Waals surface area contributed by atoms with Gasteiger partial charge >= 0.3 is 0 Å². The molecule has 0 aromatic heterocycles. The van der Waals surface area contributed by atoms with Gasteiger partial charge in [0.25, 0.3) is 0 Å². The van der Waals surface area contributed by atoms with Crippen molar-refractivity contribution in [3.05, 3.63) is 0 Å². The highest BCUT2D eigenvalue weighted by Crippen LogP contribution is 2.66. The molecule has 1 heteroatoms. The third-order valence-corrected chi connectivity index (χ3v) is 5.23. The van der Waals surface area contributed by atoms with Crippen LogP contribution in [0.4, 0.5) is 0 Å². The van der Waals surface area contributed by atoms with Crippen molar-refractivity contribution in [2.75, 3.05) is 0 Å². The summed E-state index contributed by atoms with van der Waals surface area (Å²) in [5, 5.41) is 0. The molecule has 3 aliphatic carbocycles. The summed E-state index contributed by atoms with van der Waals surface area (Å²) in [6, 6.07) is 0. The van der Waals surface area contributed by atoms with Crippen LogP contribution in [0, 0.1) is 29.1 Å². The lowest BCUT2D eigenvalue weighted by Crippen LogP contribution is -2.47. The van der Waals surface area contributed by atoms with E-state index in [9.17, 15) is 4.79 Å². The van der Waals surface area contributed by atoms with E-state index in [4.69, 9.17) is 0 Å². The summed E-state index contributed by atoms with van der Waals surface area (Å²) in [6.07, 6.45) is 5.01. The van der Waals surface area contributed by atoms with Crippen LogP contribution in [-0.4, -0.2) is 5.78 Å². The average Bonchev–Trinajstić information content (AvgIpc) is 2.25. The van der Waals surface area contributed by atoms with E-state index in [2.05, 4.69) is 13.8 Å². The zero-order valence-corrected chi connectivity index (χ0v) is 8.55. The van der Waals surface area contributed by atoms with Gasteiger partial charge in [-0.2, -0.15) is 0 Å². The van der Waals surface area contributed by atoms with Crippen molar-refractivity contribution < 1.29 is 4.79 Å². The van der Waals surface area contributed by atoms with Crippen LogP contribution < -0.4 is 0 Å². The van der Waals surface area contributed by atoms with E-state index in [1.807, 2.05) is 0 Å². The maximum Gasteiger partial charge on any atom is 0.137 e. The third kappa shape index (κ3) is 0.769. The Morgan fingerprint density at radius 1 is 1.38 bits per heavy atom. The minimum Gasteiger partial charge on any atom is -0.299 e. The Bertz CT molecular complexity index is 270. The Morgan fingerprint density at radius 2 is 2.15 bits per heavy atom. The molecular formula is C12H18O. The molecule has 0 heterocycles. The van der Waals surface area contributed by atoms with E-state index in [0.717, 1.165) is 24.2 Å². The summed E-state index contributed by atoms with van der Waals surface area (Å²) in [7, 11) is 0. The fourth-order valence-corrected chi connectivity index (χ4v) is 4.38. The number of ketones is 1. The fourth-order valence-electron chi connectivity index (χ4n) is 4.38. The molecule has 3 rings (SSSR count). The van der Waals surface area contributed by atoms with Crippen molar-refractivity contribution in [2.24, 2.45) is 29.1 Å². The molecule has 1 nitrogen and oxygen atoms in total. The molecular weight excluding hydrogens is 160 g/mol. The Balaban J connectivity index is 1.99. The van der Waals surface area contributed by atoms with Gasteiger partial charge in [-0.1, -0.05) is 20.3 Å². The average molecular weight is 178 g/mol. The Kier molecular flexibility index (Phi) is 1.35.